The van der Waals surface area contributed by atoms with Gasteiger partial charge in [0.15, 0.2) is 5.76 Å². The van der Waals surface area contributed by atoms with Crippen LogP contribution in [0, 0.1) is 6.92 Å². The van der Waals surface area contributed by atoms with Crippen LogP contribution >= 0.6 is 0 Å². The molecule has 0 amide bonds. The highest BCUT2D eigenvalue weighted by molar-refractivity contribution is 7.87. The van der Waals surface area contributed by atoms with Crippen molar-refractivity contribution in [1.29, 1.82) is 0 Å². The molecule has 3 rings (SSSR count). The van der Waals surface area contributed by atoms with Crippen molar-refractivity contribution in [3.63, 3.8) is 0 Å². The first-order valence-corrected chi connectivity index (χ1v) is 9.87. The molecule has 0 aliphatic heterocycles. The summed E-state index contributed by atoms with van der Waals surface area (Å²) in [5.41, 5.74) is -2.86. The quantitative estimate of drug-likeness (QED) is 0.547. The molecule has 1 aliphatic rings. The Balaban J connectivity index is 2.27. The van der Waals surface area contributed by atoms with Crippen molar-refractivity contribution >= 4 is 21.5 Å². The number of rotatable bonds is 4. The predicted molar refractivity (Wildman–Crippen MR) is 97.8 cm³/mol. The van der Waals surface area contributed by atoms with Crippen LogP contribution in [0.25, 0.3) is 11.3 Å². The maximum atomic E-state index is 13.0. The molecule has 1 heterocycles. The van der Waals surface area contributed by atoms with E-state index >= 15 is 0 Å². The number of pyridine rings is 1. The molecular weight excluding hydrogens is 395 g/mol. The Kier molecular flexibility index (Phi) is 5.38. The van der Waals surface area contributed by atoms with Gasteiger partial charge in [-0.05, 0) is 67.1 Å². The second kappa shape index (κ2) is 7.46. The van der Waals surface area contributed by atoms with Gasteiger partial charge in [-0.1, -0.05) is 0 Å². The van der Waals surface area contributed by atoms with Crippen molar-refractivity contribution < 1.29 is 30.5 Å². The fourth-order valence-electron chi connectivity index (χ4n) is 3.18. The molecular formula is C19H18F3NO4S. The summed E-state index contributed by atoms with van der Waals surface area (Å²) in [6.45, 7) is 1.75. The third-order valence-corrected chi connectivity index (χ3v) is 5.48. The van der Waals surface area contributed by atoms with Crippen LogP contribution in [-0.4, -0.2) is 26.0 Å². The van der Waals surface area contributed by atoms with E-state index in [1.54, 1.807) is 31.3 Å². The third-order valence-electron chi connectivity index (χ3n) is 4.53. The second-order valence-corrected chi connectivity index (χ2v) is 7.90. The summed E-state index contributed by atoms with van der Waals surface area (Å²) in [6, 6.07) is 6.41. The Morgan fingerprint density at radius 2 is 1.86 bits per heavy atom. The summed E-state index contributed by atoms with van der Waals surface area (Å²) < 4.78 is 72.6. The van der Waals surface area contributed by atoms with Crippen LogP contribution in [0.1, 0.15) is 35.1 Å². The molecule has 1 aromatic carbocycles. The first kappa shape index (κ1) is 20.2. The fraction of sp³-hybridized carbons (Fsp3) is 0.316. The first-order chi connectivity index (χ1) is 13.1. The number of ether oxygens (including phenoxy) is 1. The number of hydrogen-bond donors (Lipinski definition) is 0. The Morgan fingerprint density at radius 1 is 1.11 bits per heavy atom. The Bertz CT molecular complexity index is 1030. The van der Waals surface area contributed by atoms with E-state index in [2.05, 4.69) is 4.98 Å². The van der Waals surface area contributed by atoms with Gasteiger partial charge in [-0.15, -0.1) is 0 Å². The lowest BCUT2D eigenvalue weighted by atomic mass is 9.96. The second-order valence-electron chi connectivity index (χ2n) is 6.36. The van der Waals surface area contributed by atoms with Crippen LogP contribution in [0.2, 0.25) is 0 Å². The topological polar surface area (TPSA) is 65.5 Å². The summed E-state index contributed by atoms with van der Waals surface area (Å²) in [6.07, 6.45) is 4.57. The number of aromatic nitrogens is 1. The number of halogens is 3. The highest BCUT2D eigenvalue weighted by atomic mass is 32.2. The lowest BCUT2D eigenvalue weighted by Gasteiger charge is -2.18. The smallest absolute Gasteiger partial charge is 0.497 e. The van der Waals surface area contributed by atoms with E-state index < -0.39 is 15.6 Å². The van der Waals surface area contributed by atoms with Gasteiger partial charge in [-0.3, -0.25) is 4.98 Å². The highest BCUT2D eigenvalue weighted by Gasteiger charge is 2.49. The van der Waals surface area contributed by atoms with Crippen LogP contribution < -0.4 is 4.74 Å². The molecule has 0 fully saturated rings. The number of methoxy groups -OCH3 is 1. The summed E-state index contributed by atoms with van der Waals surface area (Å²) in [5.74, 6) is 0.224. The highest BCUT2D eigenvalue weighted by Crippen LogP contribution is 2.41. The summed E-state index contributed by atoms with van der Waals surface area (Å²) in [5, 5.41) is 0. The zero-order valence-electron chi connectivity index (χ0n) is 15.2. The standard InChI is InChI=1S/C19H18F3NO4S/c1-12-11-23-9-8-15(12)17-5-3-4-13-10-14(26-2)6-7-16(13)18(17)27-28(24,25)19(20,21)22/h6-11H,3-5H2,1-2H3. The predicted octanol–water partition coefficient (Wildman–Crippen LogP) is 4.47. The molecule has 0 radical (unpaired) electrons. The molecule has 0 N–H and O–H groups in total. The van der Waals surface area contributed by atoms with E-state index in [9.17, 15) is 21.6 Å². The van der Waals surface area contributed by atoms with Crippen molar-refractivity contribution in [1.82, 2.24) is 4.98 Å². The summed E-state index contributed by atoms with van der Waals surface area (Å²) in [4.78, 5) is 3.99. The number of alkyl halides is 3. The molecule has 0 unspecified atom stereocenters. The normalized spacial score (nSPS) is 15.0. The van der Waals surface area contributed by atoms with E-state index in [0.717, 1.165) is 0 Å². The Labute approximate surface area is 160 Å². The molecule has 5 nitrogen and oxygen atoms in total. The molecule has 28 heavy (non-hydrogen) atoms. The van der Waals surface area contributed by atoms with Gasteiger partial charge in [0.2, 0.25) is 0 Å². The minimum atomic E-state index is -5.83. The van der Waals surface area contributed by atoms with E-state index in [-0.39, 0.29) is 5.76 Å². The zero-order valence-corrected chi connectivity index (χ0v) is 16.0. The van der Waals surface area contributed by atoms with Gasteiger partial charge < -0.3 is 8.92 Å². The average Bonchev–Trinajstić information content (AvgIpc) is 2.80. The molecule has 0 bridgehead atoms. The van der Waals surface area contributed by atoms with Gasteiger partial charge in [0.1, 0.15) is 5.75 Å². The lowest BCUT2D eigenvalue weighted by molar-refractivity contribution is -0.0509. The summed E-state index contributed by atoms with van der Waals surface area (Å²) in [7, 11) is -4.35. The zero-order chi connectivity index (χ0) is 20.5. The van der Waals surface area contributed by atoms with E-state index in [1.807, 2.05) is 0 Å². The lowest BCUT2D eigenvalue weighted by Crippen LogP contribution is -2.25. The van der Waals surface area contributed by atoms with Crippen molar-refractivity contribution in [3.05, 3.63) is 58.9 Å². The summed E-state index contributed by atoms with van der Waals surface area (Å²) >= 11 is 0. The van der Waals surface area contributed by atoms with Crippen LogP contribution in [0.4, 0.5) is 13.2 Å². The Hall–Kier alpha value is -2.55. The van der Waals surface area contributed by atoms with Crippen LogP contribution in [0.3, 0.4) is 0 Å². The number of allylic oxidation sites excluding steroid dienone is 1. The molecule has 9 heteroatoms. The van der Waals surface area contributed by atoms with E-state index in [4.69, 9.17) is 8.92 Å². The van der Waals surface area contributed by atoms with Crippen LogP contribution in [-0.2, 0) is 20.7 Å². The van der Waals surface area contributed by atoms with E-state index in [1.165, 1.54) is 19.4 Å². The van der Waals surface area contributed by atoms with Gasteiger partial charge in [-0.2, -0.15) is 21.6 Å². The van der Waals surface area contributed by atoms with Crippen molar-refractivity contribution in [2.24, 2.45) is 0 Å². The van der Waals surface area contributed by atoms with Crippen LogP contribution in [0.15, 0.2) is 36.7 Å². The van der Waals surface area contributed by atoms with Gasteiger partial charge in [0, 0.05) is 23.5 Å². The maximum absolute atomic E-state index is 13.0. The molecule has 0 saturated heterocycles. The van der Waals surface area contributed by atoms with Crippen LogP contribution in [0.5, 0.6) is 5.75 Å². The van der Waals surface area contributed by atoms with E-state index in [0.29, 0.717) is 52.8 Å². The number of benzene rings is 1. The third kappa shape index (κ3) is 3.84. The molecule has 1 aromatic heterocycles. The first-order valence-electron chi connectivity index (χ1n) is 8.46. The van der Waals surface area contributed by atoms with Crippen molar-refractivity contribution in [3.8, 4) is 5.75 Å². The molecule has 2 aromatic rings. The van der Waals surface area contributed by atoms with Crippen molar-refractivity contribution in [2.75, 3.05) is 7.11 Å². The fourth-order valence-corrected chi connectivity index (χ4v) is 3.68. The Morgan fingerprint density at radius 3 is 2.50 bits per heavy atom. The minimum absolute atomic E-state index is 0.303. The van der Waals surface area contributed by atoms with Gasteiger partial charge in [-0.25, -0.2) is 0 Å². The molecule has 0 spiro atoms. The molecule has 0 atom stereocenters. The average molecular weight is 413 g/mol. The van der Waals surface area contributed by atoms with Crippen molar-refractivity contribution in [2.45, 2.75) is 31.7 Å². The minimum Gasteiger partial charge on any atom is -0.497 e. The van der Waals surface area contributed by atoms with Gasteiger partial charge in [0.05, 0.1) is 7.11 Å². The van der Waals surface area contributed by atoms with Gasteiger partial charge >= 0.3 is 15.6 Å². The SMILES string of the molecule is COc1ccc2c(c1)CCCC(c1ccncc1C)=C2OS(=O)(=O)C(F)(F)F. The number of nitrogens with zero attached hydrogens (tertiary/aromatic N) is 1. The maximum Gasteiger partial charge on any atom is 0.534 e. The van der Waals surface area contributed by atoms with Gasteiger partial charge in [0.25, 0.3) is 0 Å². The molecule has 0 saturated carbocycles. The monoisotopic (exact) mass is 413 g/mol. The number of hydrogen-bond acceptors (Lipinski definition) is 5. The molecule has 150 valence electrons. The number of fused-ring (bicyclic) bond motifs is 1. The largest absolute Gasteiger partial charge is 0.534 e. The molecule has 1 aliphatic carbocycles. The number of aryl methyl sites for hydroxylation is 2.